The molecule has 25 heavy (non-hydrogen) atoms. The number of benzene rings is 1. The molecule has 0 saturated carbocycles. The number of fused-ring (bicyclic) bond motifs is 3. The molecule has 1 aliphatic carbocycles. The number of aromatic amines is 1. The van der Waals surface area contributed by atoms with Gasteiger partial charge in [-0.2, -0.15) is 5.26 Å². The van der Waals surface area contributed by atoms with Crippen LogP contribution < -0.4 is 5.56 Å². The van der Waals surface area contributed by atoms with Gasteiger partial charge in [0.15, 0.2) is 11.6 Å². The van der Waals surface area contributed by atoms with Crippen LogP contribution in [-0.4, -0.2) is 9.97 Å². The molecule has 0 amide bonds. The Bertz CT molecular complexity index is 1130. The van der Waals surface area contributed by atoms with Gasteiger partial charge in [-0.25, -0.2) is 8.78 Å². The minimum Gasteiger partial charge on any atom is -0.320 e. The van der Waals surface area contributed by atoms with E-state index >= 15 is 0 Å². The fourth-order valence-electron chi connectivity index (χ4n) is 3.25. The van der Waals surface area contributed by atoms with Gasteiger partial charge in [-0.15, -0.1) is 0 Å². The molecule has 1 aromatic carbocycles. The van der Waals surface area contributed by atoms with E-state index < -0.39 is 17.2 Å². The highest BCUT2D eigenvalue weighted by atomic mass is 19.2. The summed E-state index contributed by atoms with van der Waals surface area (Å²) in [7, 11) is 0. The van der Waals surface area contributed by atoms with Crippen molar-refractivity contribution in [2.45, 2.75) is 13.3 Å². The lowest BCUT2D eigenvalue weighted by molar-refractivity contribution is 0.508. The third-order valence-corrected chi connectivity index (χ3v) is 4.41. The molecule has 122 valence electrons. The maximum absolute atomic E-state index is 13.7. The zero-order valence-corrected chi connectivity index (χ0v) is 13.2. The van der Waals surface area contributed by atoms with Crippen molar-refractivity contribution < 1.29 is 8.78 Å². The second-order valence-electron chi connectivity index (χ2n) is 5.96. The normalized spacial score (nSPS) is 11.8. The van der Waals surface area contributed by atoms with Crippen LogP contribution in [0.25, 0.3) is 22.4 Å². The molecule has 0 atom stereocenters. The number of hydrogen-bond donors (Lipinski definition) is 1. The molecule has 1 N–H and O–H groups in total. The van der Waals surface area contributed by atoms with Crippen LogP contribution in [0.3, 0.4) is 0 Å². The Morgan fingerprint density at radius 2 is 2.00 bits per heavy atom. The monoisotopic (exact) mass is 335 g/mol. The average Bonchev–Trinajstić information content (AvgIpc) is 2.92. The molecule has 6 heteroatoms. The van der Waals surface area contributed by atoms with Gasteiger partial charge in [-0.1, -0.05) is 6.07 Å². The van der Waals surface area contributed by atoms with Gasteiger partial charge in [0.1, 0.15) is 11.6 Å². The summed E-state index contributed by atoms with van der Waals surface area (Å²) in [5, 5.41) is 9.44. The molecule has 1 aliphatic rings. The molecule has 0 radical (unpaired) electrons. The number of aromatic nitrogens is 2. The molecule has 3 aromatic rings. The molecule has 0 spiro atoms. The summed E-state index contributed by atoms with van der Waals surface area (Å²) in [5.74, 6) is -1.91. The van der Waals surface area contributed by atoms with Gasteiger partial charge in [0.05, 0.1) is 5.69 Å². The first kappa shape index (κ1) is 15.2. The van der Waals surface area contributed by atoms with Crippen molar-refractivity contribution in [2.75, 3.05) is 0 Å². The Morgan fingerprint density at radius 1 is 1.24 bits per heavy atom. The second kappa shape index (κ2) is 5.35. The first-order valence-corrected chi connectivity index (χ1v) is 7.60. The van der Waals surface area contributed by atoms with E-state index in [1.807, 2.05) is 13.0 Å². The fourth-order valence-corrected chi connectivity index (χ4v) is 3.25. The summed E-state index contributed by atoms with van der Waals surface area (Å²) in [6.45, 7) is 1.83. The van der Waals surface area contributed by atoms with E-state index in [0.717, 1.165) is 17.8 Å². The van der Waals surface area contributed by atoms with Gasteiger partial charge in [0, 0.05) is 35.0 Å². The van der Waals surface area contributed by atoms with Crippen molar-refractivity contribution in [3.05, 3.63) is 74.8 Å². The average molecular weight is 335 g/mol. The van der Waals surface area contributed by atoms with Gasteiger partial charge >= 0.3 is 0 Å². The number of pyridine rings is 2. The summed E-state index contributed by atoms with van der Waals surface area (Å²) in [6, 6.07) is 7.71. The first-order valence-electron chi connectivity index (χ1n) is 7.60. The standard InChI is InChI=1S/C19H11F2N3O/c1-9-2-3-10(8-23-9)17-13-4-11-5-15(20)16(21)6-12(11)18(13)24-19(25)14(17)7-22/h2-3,5-6,8H,4H2,1H3,(H,24,25). The minimum atomic E-state index is -0.977. The van der Waals surface area contributed by atoms with Crippen LogP contribution in [0.15, 0.2) is 35.3 Å². The molecule has 2 aromatic heterocycles. The highest BCUT2D eigenvalue weighted by Crippen LogP contribution is 2.41. The van der Waals surface area contributed by atoms with E-state index in [1.165, 1.54) is 0 Å². The Kier molecular flexibility index (Phi) is 3.25. The summed E-state index contributed by atoms with van der Waals surface area (Å²) in [5.41, 5.74) is 3.40. The van der Waals surface area contributed by atoms with E-state index in [9.17, 15) is 18.8 Å². The summed E-state index contributed by atoms with van der Waals surface area (Å²) in [4.78, 5) is 19.2. The van der Waals surface area contributed by atoms with Crippen LogP contribution in [0.4, 0.5) is 8.78 Å². The minimum absolute atomic E-state index is 0.0295. The van der Waals surface area contributed by atoms with Crippen LogP contribution in [0.5, 0.6) is 0 Å². The van der Waals surface area contributed by atoms with E-state index in [4.69, 9.17) is 0 Å². The van der Waals surface area contributed by atoms with Crippen molar-refractivity contribution in [1.82, 2.24) is 9.97 Å². The van der Waals surface area contributed by atoms with Crippen molar-refractivity contribution in [2.24, 2.45) is 0 Å². The summed E-state index contributed by atoms with van der Waals surface area (Å²) >= 11 is 0. The summed E-state index contributed by atoms with van der Waals surface area (Å²) in [6.07, 6.45) is 1.89. The molecule has 0 saturated heterocycles. The molecule has 2 heterocycles. The molecule has 4 rings (SSSR count). The van der Waals surface area contributed by atoms with Crippen LogP contribution >= 0.6 is 0 Å². The van der Waals surface area contributed by atoms with E-state index in [-0.39, 0.29) is 5.56 Å². The van der Waals surface area contributed by atoms with Crippen molar-refractivity contribution in [3.8, 4) is 28.5 Å². The third-order valence-electron chi connectivity index (χ3n) is 4.41. The van der Waals surface area contributed by atoms with Crippen molar-refractivity contribution in [3.63, 3.8) is 0 Å². The van der Waals surface area contributed by atoms with Crippen LogP contribution in [-0.2, 0) is 6.42 Å². The molecule has 0 fully saturated rings. The lowest BCUT2D eigenvalue weighted by Gasteiger charge is -2.10. The number of rotatable bonds is 1. The maximum Gasteiger partial charge on any atom is 0.266 e. The van der Waals surface area contributed by atoms with E-state index in [2.05, 4.69) is 9.97 Å². The lowest BCUT2D eigenvalue weighted by atomic mass is 9.95. The number of nitriles is 1. The van der Waals surface area contributed by atoms with Crippen LogP contribution in [0.1, 0.15) is 22.4 Å². The predicted molar refractivity (Wildman–Crippen MR) is 87.9 cm³/mol. The Morgan fingerprint density at radius 3 is 2.68 bits per heavy atom. The molecule has 0 unspecified atom stereocenters. The van der Waals surface area contributed by atoms with E-state index in [1.54, 1.807) is 18.3 Å². The Hall–Kier alpha value is -3.33. The van der Waals surface area contributed by atoms with Gasteiger partial charge in [-0.3, -0.25) is 9.78 Å². The zero-order chi connectivity index (χ0) is 17.7. The fraction of sp³-hybridized carbons (Fsp3) is 0.105. The number of aryl methyl sites for hydroxylation is 1. The number of H-pyrrole nitrogens is 1. The van der Waals surface area contributed by atoms with Gasteiger partial charge in [-0.05, 0) is 36.2 Å². The predicted octanol–water partition coefficient (Wildman–Crippen LogP) is 3.47. The van der Waals surface area contributed by atoms with Gasteiger partial charge in [0.25, 0.3) is 5.56 Å². The second-order valence-corrected chi connectivity index (χ2v) is 5.96. The number of halogens is 2. The Labute approximate surface area is 141 Å². The smallest absolute Gasteiger partial charge is 0.266 e. The lowest BCUT2D eigenvalue weighted by Crippen LogP contribution is -2.14. The van der Waals surface area contributed by atoms with Crippen molar-refractivity contribution in [1.29, 1.82) is 5.26 Å². The zero-order valence-electron chi connectivity index (χ0n) is 13.2. The SMILES string of the molecule is Cc1ccc(-c2c3c([nH]c(=O)c2C#N)-c2cc(F)c(F)cc2C3)cn1. The third kappa shape index (κ3) is 2.24. The first-order chi connectivity index (χ1) is 12.0. The molecular formula is C19H11F2N3O. The van der Waals surface area contributed by atoms with Crippen LogP contribution in [0, 0.1) is 29.9 Å². The quantitative estimate of drug-likeness (QED) is 0.579. The molecule has 0 aliphatic heterocycles. The largest absolute Gasteiger partial charge is 0.320 e. The Balaban J connectivity index is 2.06. The van der Waals surface area contributed by atoms with Crippen LogP contribution in [0.2, 0.25) is 0 Å². The molecular weight excluding hydrogens is 324 g/mol. The molecule has 4 nitrogen and oxygen atoms in total. The maximum atomic E-state index is 13.7. The van der Waals surface area contributed by atoms with Crippen molar-refractivity contribution >= 4 is 0 Å². The highest BCUT2D eigenvalue weighted by Gasteiger charge is 2.28. The summed E-state index contributed by atoms with van der Waals surface area (Å²) < 4.78 is 27.2. The topological polar surface area (TPSA) is 69.5 Å². The highest BCUT2D eigenvalue weighted by molar-refractivity contribution is 5.85. The van der Waals surface area contributed by atoms with Gasteiger partial charge < -0.3 is 4.98 Å². The van der Waals surface area contributed by atoms with E-state index in [0.29, 0.717) is 39.9 Å². The number of nitrogens with one attached hydrogen (secondary N) is 1. The number of hydrogen-bond acceptors (Lipinski definition) is 3. The van der Waals surface area contributed by atoms with Gasteiger partial charge in [0.2, 0.25) is 0 Å². The number of nitrogens with zero attached hydrogens (tertiary/aromatic N) is 2. The molecule has 0 bridgehead atoms.